The van der Waals surface area contributed by atoms with Crippen molar-refractivity contribution < 1.29 is 0 Å². The zero-order valence-electron chi connectivity index (χ0n) is 14.1. The predicted octanol–water partition coefficient (Wildman–Crippen LogP) is 6.40. The minimum absolute atomic E-state index is 0.487. The normalized spacial score (nSPS) is 18.6. The van der Waals surface area contributed by atoms with Gasteiger partial charge >= 0.3 is 0 Å². The topological polar surface area (TPSA) is 0 Å². The molecule has 1 unspecified atom stereocenters. The Morgan fingerprint density at radius 1 is 0.870 bits per heavy atom. The zero-order valence-corrected chi connectivity index (χ0v) is 14.1. The van der Waals surface area contributed by atoms with Gasteiger partial charge in [-0.25, -0.2) is 0 Å². The van der Waals surface area contributed by atoms with Gasteiger partial charge < -0.3 is 0 Å². The van der Waals surface area contributed by atoms with Gasteiger partial charge in [-0.15, -0.1) is 0 Å². The molecule has 1 aliphatic rings. The lowest BCUT2D eigenvalue weighted by Gasteiger charge is -2.17. The lowest BCUT2D eigenvalue weighted by atomic mass is 9.87. The minimum atomic E-state index is 0.487. The van der Waals surface area contributed by atoms with Crippen molar-refractivity contribution in [1.29, 1.82) is 0 Å². The lowest BCUT2D eigenvalue weighted by Crippen LogP contribution is -2.00. The quantitative estimate of drug-likeness (QED) is 0.488. The molecule has 0 aromatic heterocycles. The molecular weight excluding hydrogens is 276 g/mol. The molecule has 0 bridgehead atoms. The van der Waals surface area contributed by atoms with Crippen molar-refractivity contribution in [2.75, 3.05) is 0 Å². The van der Waals surface area contributed by atoms with E-state index in [1.165, 1.54) is 44.2 Å². The maximum atomic E-state index is 2.34. The van der Waals surface area contributed by atoms with Crippen molar-refractivity contribution in [3.05, 3.63) is 88.5 Å². The molecular formula is C23H22. The van der Waals surface area contributed by atoms with Crippen LogP contribution in [0, 0.1) is 13.8 Å². The lowest BCUT2D eigenvalue weighted by molar-refractivity contribution is 0.873. The fourth-order valence-electron chi connectivity index (χ4n) is 4.21. The molecule has 0 heterocycles. The Bertz CT molecular complexity index is 928. The van der Waals surface area contributed by atoms with Gasteiger partial charge in [0.2, 0.25) is 0 Å². The molecule has 0 fully saturated rings. The number of hydrogen-bond donors (Lipinski definition) is 0. The highest BCUT2D eigenvalue weighted by Crippen LogP contribution is 2.47. The van der Waals surface area contributed by atoms with E-state index < -0.39 is 0 Å². The fourth-order valence-corrected chi connectivity index (χ4v) is 4.21. The van der Waals surface area contributed by atoms with Gasteiger partial charge in [0.15, 0.2) is 0 Å². The van der Waals surface area contributed by atoms with Gasteiger partial charge in [-0.05, 0) is 71.4 Å². The van der Waals surface area contributed by atoms with E-state index in [0.717, 1.165) is 6.42 Å². The number of aryl methyl sites for hydroxylation is 2. The first-order valence-corrected chi connectivity index (χ1v) is 8.44. The molecule has 0 aliphatic heterocycles. The third-order valence-corrected chi connectivity index (χ3v) is 5.39. The van der Waals surface area contributed by atoms with Crippen LogP contribution in [-0.4, -0.2) is 0 Å². The van der Waals surface area contributed by atoms with Crippen LogP contribution < -0.4 is 0 Å². The minimum Gasteiger partial charge on any atom is -0.0838 e. The Balaban J connectivity index is 1.94. The molecule has 0 saturated heterocycles. The van der Waals surface area contributed by atoms with Crippen LogP contribution in [0.2, 0.25) is 0 Å². The van der Waals surface area contributed by atoms with Crippen molar-refractivity contribution in [3.8, 4) is 0 Å². The molecule has 1 aliphatic carbocycles. The molecule has 0 amide bonds. The molecule has 3 aromatic rings. The standard InChI is InChI=1S/C23H22/c1-4-17-14-22(21-11-7-8-15(2)23(17)21)20-13-12-18-9-5-6-10-19(18)16(20)3/h4-13,22H,14H2,1-3H3/b17-4-. The van der Waals surface area contributed by atoms with E-state index in [2.05, 4.69) is 81.4 Å². The van der Waals surface area contributed by atoms with E-state index in [0.29, 0.717) is 5.92 Å². The highest BCUT2D eigenvalue weighted by Gasteiger charge is 2.29. The second kappa shape index (κ2) is 5.38. The molecule has 0 nitrogen and oxygen atoms in total. The fraction of sp³-hybridized carbons (Fsp3) is 0.217. The summed E-state index contributed by atoms with van der Waals surface area (Å²) < 4.78 is 0. The third kappa shape index (κ3) is 2.13. The largest absolute Gasteiger partial charge is 0.0838 e. The molecule has 0 N–H and O–H groups in total. The van der Waals surface area contributed by atoms with Crippen LogP contribution in [0.25, 0.3) is 16.3 Å². The van der Waals surface area contributed by atoms with Gasteiger partial charge in [0.25, 0.3) is 0 Å². The maximum absolute atomic E-state index is 2.34. The average Bonchev–Trinajstić information content (AvgIpc) is 2.95. The second-order valence-electron chi connectivity index (χ2n) is 6.61. The first-order valence-electron chi connectivity index (χ1n) is 8.44. The van der Waals surface area contributed by atoms with Gasteiger partial charge in [0, 0.05) is 5.92 Å². The highest BCUT2D eigenvalue weighted by molar-refractivity contribution is 5.87. The van der Waals surface area contributed by atoms with Gasteiger partial charge in [-0.1, -0.05) is 60.7 Å². The van der Waals surface area contributed by atoms with Crippen molar-refractivity contribution in [2.24, 2.45) is 0 Å². The van der Waals surface area contributed by atoms with Crippen LogP contribution in [0.4, 0.5) is 0 Å². The predicted molar refractivity (Wildman–Crippen MR) is 100.0 cm³/mol. The Hall–Kier alpha value is -2.34. The van der Waals surface area contributed by atoms with Crippen molar-refractivity contribution >= 4 is 16.3 Å². The molecule has 0 spiro atoms. The summed E-state index contributed by atoms with van der Waals surface area (Å²) in [6, 6.07) is 20.1. The Morgan fingerprint density at radius 2 is 1.70 bits per heavy atom. The average molecular weight is 298 g/mol. The monoisotopic (exact) mass is 298 g/mol. The summed E-state index contributed by atoms with van der Waals surface area (Å²) in [5.74, 6) is 0.487. The van der Waals surface area contributed by atoms with Gasteiger partial charge in [0.1, 0.15) is 0 Å². The summed E-state index contributed by atoms with van der Waals surface area (Å²) in [5, 5.41) is 2.72. The first kappa shape index (κ1) is 14.3. The molecule has 0 radical (unpaired) electrons. The summed E-state index contributed by atoms with van der Waals surface area (Å²) in [6.45, 7) is 6.68. The van der Waals surface area contributed by atoms with Crippen molar-refractivity contribution in [1.82, 2.24) is 0 Å². The third-order valence-electron chi connectivity index (χ3n) is 5.39. The smallest absolute Gasteiger partial charge is 0.0139 e. The second-order valence-corrected chi connectivity index (χ2v) is 6.61. The molecule has 23 heavy (non-hydrogen) atoms. The van der Waals surface area contributed by atoms with Crippen LogP contribution in [0.1, 0.15) is 47.1 Å². The summed E-state index contributed by atoms with van der Waals surface area (Å²) in [6.07, 6.45) is 3.41. The molecule has 3 aromatic carbocycles. The van der Waals surface area contributed by atoms with E-state index in [4.69, 9.17) is 0 Å². The van der Waals surface area contributed by atoms with E-state index in [9.17, 15) is 0 Å². The van der Waals surface area contributed by atoms with E-state index in [-0.39, 0.29) is 0 Å². The number of rotatable bonds is 1. The van der Waals surface area contributed by atoms with Gasteiger partial charge in [-0.2, -0.15) is 0 Å². The molecule has 0 saturated carbocycles. The molecule has 0 heteroatoms. The van der Waals surface area contributed by atoms with Crippen LogP contribution in [-0.2, 0) is 0 Å². The van der Waals surface area contributed by atoms with Gasteiger partial charge in [0.05, 0.1) is 0 Å². The summed E-state index contributed by atoms with van der Waals surface area (Å²) in [7, 11) is 0. The van der Waals surface area contributed by atoms with Crippen LogP contribution in [0.3, 0.4) is 0 Å². The summed E-state index contributed by atoms with van der Waals surface area (Å²) in [5.41, 5.74) is 8.78. The van der Waals surface area contributed by atoms with Crippen LogP contribution in [0.5, 0.6) is 0 Å². The summed E-state index contributed by atoms with van der Waals surface area (Å²) >= 11 is 0. The van der Waals surface area contributed by atoms with Crippen LogP contribution >= 0.6 is 0 Å². The van der Waals surface area contributed by atoms with Crippen LogP contribution in [0.15, 0.2) is 60.7 Å². The number of allylic oxidation sites excluding steroid dienone is 2. The number of hydrogen-bond acceptors (Lipinski definition) is 0. The Morgan fingerprint density at radius 3 is 2.52 bits per heavy atom. The van der Waals surface area contributed by atoms with Gasteiger partial charge in [-0.3, -0.25) is 0 Å². The number of fused-ring (bicyclic) bond motifs is 2. The first-order chi connectivity index (χ1) is 11.2. The molecule has 114 valence electrons. The Labute approximate surface area is 138 Å². The SMILES string of the molecule is C/C=C1/CC(c2ccc3ccccc3c2C)c2cccc(C)c21. The van der Waals surface area contributed by atoms with E-state index in [1.54, 1.807) is 0 Å². The number of benzene rings is 3. The van der Waals surface area contributed by atoms with Crippen molar-refractivity contribution in [3.63, 3.8) is 0 Å². The van der Waals surface area contributed by atoms with E-state index in [1.807, 2.05) is 0 Å². The van der Waals surface area contributed by atoms with Crippen molar-refractivity contribution in [2.45, 2.75) is 33.1 Å². The molecule has 1 atom stereocenters. The summed E-state index contributed by atoms with van der Waals surface area (Å²) in [4.78, 5) is 0. The van der Waals surface area contributed by atoms with E-state index >= 15 is 0 Å². The Kier molecular flexibility index (Phi) is 3.34. The zero-order chi connectivity index (χ0) is 16.0. The highest BCUT2D eigenvalue weighted by atomic mass is 14.3. The molecule has 4 rings (SSSR count). The maximum Gasteiger partial charge on any atom is 0.0139 e.